The van der Waals surface area contributed by atoms with Crippen molar-refractivity contribution in [1.82, 2.24) is 16.0 Å². The molecule has 8 heteroatoms. The number of carbonyl (C=O) groups excluding carboxylic acids is 2. The second-order valence-electron chi connectivity index (χ2n) is 10.4. The van der Waals surface area contributed by atoms with E-state index in [1.165, 1.54) is 70.6 Å². The number of unbranched alkanes of at least 4 members (excludes halogenated alkanes) is 2. The van der Waals surface area contributed by atoms with E-state index in [0.29, 0.717) is 25.3 Å². The highest BCUT2D eigenvalue weighted by molar-refractivity contribution is 8.76. The van der Waals surface area contributed by atoms with Gasteiger partial charge >= 0.3 is 0 Å². The first-order valence-electron chi connectivity index (χ1n) is 14.4. The molecule has 2 radical (unpaired) electrons. The molecular formula is C28H48BN3O2S2. The monoisotopic (exact) mass is 533 g/mol. The fourth-order valence-electron chi connectivity index (χ4n) is 4.90. The van der Waals surface area contributed by atoms with E-state index in [1.807, 2.05) is 0 Å². The number of rotatable bonds is 14. The predicted molar refractivity (Wildman–Crippen MR) is 157 cm³/mol. The molecule has 202 valence electrons. The van der Waals surface area contributed by atoms with E-state index in [2.05, 4.69) is 27.9 Å². The van der Waals surface area contributed by atoms with Crippen LogP contribution in [0.2, 0.25) is 0 Å². The van der Waals surface area contributed by atoms with Crippen molar-refractivity contribution in [3.05, 3.63) is 0 Å². The van der Waals surface area contributed by atoms with Crippen molar-refractivity contribution in [1.29, 1.82) is 0 Å². The molecule has 2 rings (SSSR count). The Balaban J connectivity index is 1.36. The maximum Gasteiger partial charge on any atom is 0.232 e. The van der Waals surface area contributed by atoms with Gasteiger partial charge in [0, 0.05) is 42.9 Å². The quantitative estimate of drug-likeness (QED) is 0.0669. The maximum absolute atomic E-state index is 12.0. The second kappa shape index (κ2) is 20.2. The number of amides is 2. The van der Waals surface area contributed by atoms with Crippen molar-refractivity contribution < 1.29 is 9.59 Å². The van der Waals surface area contributed by atoms with Gasteiger partial charge in [0.05, 0.1) is 7.85 Å². The van der Waals surface area contributed by atoms with Gasteiger partial charge in [-0.15, -0.1) is 0 Å². The summed E-state index contributed by atoms with van der Waals surface area (Å²) in [5.41, 5.74) is -0.172. The summed E-state index contributed by atoms with van der Waals surface area (Å²) < 4.78 is 0. The molecule has 0 saturated heterocycles. The first-order valence-corrected chi connectivity index (χ1v) is 16.9. The van der Waals surface area contributed by atoms with Gasteiger partial charge in [-0.1, -0.05) is 91.7 Å². The van der Waals surface area contributed by atoms with Crippen molar-refractivity contribution in [2.45, 2.75) is 121 Å². The Bertz CT molecular complexity index is 667. The molecule has 0 aromatic rings. The van der Waals surface area contributed by atoms with Gasteiger partial charge in [-0.3, -0.25) is 14.9 Å². The summed E-state index contributed by atoms with van der Waals surface area (Å²) in [6, 6.07) is 2.90. The van der Waals surface area contributed by atoms with Crippen LogP contribution in [0.3, 0.4) is 0 Å². The second-order valence-corrected chi connectivity index (χ2v) is 13.1. The SMILES string of the molecule is [B]C1(NCCCCCC(=O)NCCSSCCC(=O)NC#CC2CCCCCCC2)CCCCCC1. The van der Waals surface area contributed by atoms with Crippen LogP contribution in [0, 0.1) is 17.9 Å². The Morgan fingerprint density at radius 2 is 1.44 bits per heavy atom. The zero-order valence-corrected chi connectivity index (χ0v) is 24.0. The zero-order chi connectivity index (χ0) is 25.7. The van der Waals surface area contributed by atoms with Gasteiger partial charge in [0.1, 0.15) is 0 Å². The van der Waals surface area contributed by atoms with Crippen molar-refractivity contribution >= 4 is 41.2 Å². The van der Waals surface area contributed by atoms with Gasteiger partial charge in [0.25, 0.3) is 0 Å². The van der Waals surface area contributed by atoms with E-state index in [4.69, 9.17) is 7.85 Å². The first kappa shape index (κ1) is 31.4. The van der Waals surface area contributed by atoms with Crippen LogP contribution in [0.15, 0.2) is 0 Å². The van der Waals surface area contributed by atoms with Gasteiger partial charge in [-0.05, 0) is 50.5 Å². The first-order chi connectivity index (χ1) is 17.6. The molecule has 3 N–H and O–H groups in total. The lowest BCUT2D eigenvalue weighted by molar-refractivity contribution is -0.121. The van der Waals surface area contributed by atoms with Crippen LogP contribution in [0.5, 0.6) is 0 Å². The van der Waals surface area contributed by atoms with Crippen molar-refractivity contribution in [3.63, 3.8) is 0 Å². The fraction of sp³-hybridized carbons (Fsp3) is 0.857. The summed E-state index contributed by atoms with van der Waals surface area (Å²) in [7, 11) is 9.87. The largest absolute Gasteiger partial charge is 0.355 e. The minimum atomic E-state index is -0.172. The number of hydrogen-bond acceptors (Lipinski definition) is 5. The molecule has 0 aromatic heterocycles. The number of carbonyl (C=O) groups is 2. The average Bonchev–Trinajstić information content (AvgIpc) is 3.06. The number of hydrogen-bond donors (Lipinski definition) is 3. The minimum absolute atomic E-state index is 0.000758. The summed E-state index contributed by atoms with van der Waals surface area (Å²) in [6.07, 6.45) is 20.2. The fourth-order valence-corrected chi connectivity index (χ4v) is 6.80. The molecule has 36 heavy (non-hydrogen) atoms. The molecule has 2 saturated carbocycles. The van der Waals surface area contributed by atoms with Crippen LogP contribution in [-0.4, -0.2) is 49.7 Å². The van der Waals surface area contributed by atoms with Crippen LogP contribution in [-0.2, 0) is 9.59 Å². The predicted octanol–water partition coefficient (Wildman–Crippen LogP) is 5.68. The highest BCUT2D eigenvalue weighted by Gasteiger charge is 2.23. The Kier molecular flexibility index (Phi) is 17.7. The van der Waals surface area contributed by atoms with E-state index in [0.717, 1.165) is 50.2 Å². The van der Waals surface area contributed by atoms with Crippen LogP contribution < -0.4 is 16.0 Å². The molecule has 0 aromatic carbocycles. The standard InChI is InChI=1S/C28H48BN3O2S2/c29-28(18-10-4-5-11-19-28)32-20-12-6-9-15-26(33)31-22-24-36-35-23-17-27(34)30-21-16-25-13-7-2-1-3-8-14-25/h25,32H,1-15,17-20,22-24H2,(H,30,34)(H,31,33). The van der Waals surface area contributed by atoms with Gasteiger partial charge in [0.2, 0.25) is 11.8 Å². The highest BCUT2D eigenvalue weighted by atomic mass is 33.1. The highest BCUT2D eigenvalue weighted by Crippen LogP contribution is 2.24. The average molecular weight is 534 g/mol. The van der Waals surface area contributed by atoms with Crippen LogP contribution in [0.1, 0.15) is 116 Å². The summed E-state index contributed by atoms with van der Waals surface area (Å²) in [4.78, 5) is 24.0. The van der Waals surface area contributed by atoms with E-state index >= 15 is 0 Å². The molecule has 0 spiro atoms. The van der Waals surface area contributed by atoms with Gasteiger partial charge in [-0.2, -0.15) is 0 Å². The Hall–Kier alpha value is -0.775. The van der Waals surface area contributed by atoms with E-state index in [9.17, 15) is 9.59 Å². The smallest absolute Gasteiger partial charge is 0.232 e. The molecule has 0 atom stereocenters. The molecule has 2 fully saturated rings. The third-order valence-corrected chi connectivity index (χ3v) is 9.55. The molecule has 5 nitrogen and oxygen atoms in total. The molecule has 0 aliphatic heterocycles. The van der Waals surface area contributed by atoms with E-state index in [1.54, 1.807) is 21.6 Å². The molecule has 0 heterocycles. The lowest BCUT2D eigenvalue weighted by Crippen LogP contribution is -2.45. The Labute approximate surface area is 229 Å². The van der Waals surface area contributed by atoms with Crippen LogP contribution >= 0.6 is 21.6 Å². The minimum Gasteiger partial charge on any atom is -0.355 e. The lowest BCUT2D eigenvalue weighted by atomic mass is 9.72. The molecular weight excluding hydrogens is 485 g/mol. The van der Waals surface area contributed by atoms with Gasteiger partial charge in [-0.25, -0.2) is 0 Å². The summed E-state index contributed by atoms with van der Waals surface area (Å²) in [5.74, 6) is 5.43. The van der Waals surface area contributed by atoms with Crippen molar-refractivity contribution in [2.75, 3.05) is 24.6 Å². The topological polar surface area (TPSA) is 70.2 Å². The Morgan fingerprint density at radius 3 is 2.19 bits per heavy atom. The molecule has 2 aliphatic rings. The third-order valence-electron chi connectivity index (χ3n) is 7.14. The normalized spacial score (nSPS) is 18.7. The maximum atomic E-state index is 12.0. The third kappa shape index (κ3) is 16.1. The van der Waals surface area contributed by atoms with Crippen molar-refractivity contribution in [3.8, 4) is 12.0 Å². The van der Waals surface area contributed by atoms with Crippen LogP contribution in [0.4, 0.5) is 0 Å². The molecule has 2 amide bonds. The summed E-state index contributed by atoms with van der Waals surface area (Å²) in [5, 5.41) is 9.30. The van der Waals surface area contributed by atoms with Crippen molar-refractivity contribution in [2.24, 2.45) is 5.92 Å². The van der Waals surface area contributed by atoms with Gasteiger partial charge in [0.15, 0.2) is 0 Å². The molecule has 0 bridgehead atoms. The summed E-state index contributed by atoms with van der Waals surface area (Å²) in [6.45, 7) is 1.61. The van der Waals surface area contributed by atoms with E-state index < -0.39 is 0 Å². The van der Waals surface area contributed by atoms with Crippen LogP contribution in [0.25, 0.3) is 0 Å². The zero-order valence-electron chi connectivity index (χ0n) is 22.3. The van der Waals surface area contributed by atoms with E-state index in [-0.39, 0.29) is 17.3 Å². The van der Waals surface area contributed by atoms with Gasteiger partial charge < -0.3 is 10.6 Å². The molecule has 0 unspecified atom stereocenters. The summed E-state index contributed by atoms with van der Waals surface area (Å²) >= 11 is 0. The molecule has 2 aliphatic carbocycles. The lowest BCUT2D eigenvalue weighted by Gasteiger charge is -2.30. The Morgan fingerprint density at radius 1 is 0.778 bits per heavy atom. The number of nitrogens with one attached hydrogen (secondary N) is 3.